The van der Waals surface area contributed by atoms with E-state index in [1.165, 1.54) is 21.9 Å². The first-order valence-corrected chi connectivity index (χ1v) is 8.78. The summed E-state index contributed by atoms with van der Waals surface area (Å²) in [6, 6.07) is 6.02. The van der Waals surface area contributed by atoms with E-state index in [9.17, 15) is 18.8 Å². The first kappa shape index (κ1) is 19.9. The van der Waals surface area contributed by atoms with E-state index in [4.69, 9.17) is 5.11 Å². The van der Waals surface area contributed by atoms with Gasteiger partial charge in [0.1, 0.15) is 5.82 Å². The maximum atomic E-state index is 13.0. The fourth-order valence-electron chi connectivity index (χ4n) is 3.12. The molecule has 1 fully saturated rings. The third-order valence-electron chi connectivity index (χ3n) is 4.84. The number of likely N-dealkylation sites (tertiary alicyclic amines) is 1. The van der Waals surface area contributed by atoms with Crippen LogP contribution in [0.3, 0.4) is 0 Å². The molecular formula is C19H25FN2O4. The van der Waals surface area contributed by atoms with Crippen molar-refractivity contribution < 1.29 is 23.9 Å². The molecule has 26 heavy (non-hydrogen) atoms. The second-order valence-corrected chi connectivity index (χ2v) is 6.92. The smallest absolute Gasteiger partial charge is 0.308 e. The summed E-state index contributed by atoms with van der Waals surface area (Å²) in [4.78, 5) is 38.7. The molecule has 1 aliphatic rings. The molecule has 2 amide bonds. The van der Waals surface area contributed by atoms with Gasteiger partial charge >= 0.3 is 5.97 Å². The Morgan fingerprint density at radius 1 is 1.31 bits per heavy atom. The van der Waals surface area contributed by atoms with Crippen LogP contribution in [0.4, 0.5) is 4.39 Å². The van der Waals surface area contributed by atoms with E-state index in [1.807, 2.05) is 6.92 Å². The summed E-state index contributed by atoms with van der Waals surface area (Å²) in [6.45, 7) is 2.53. The van der Waals surface area contributed by atoms with Crippen LogP contribution >= 0.6 is 0 Å². The van der Waals surface area contributed by atoms with Gasteiger partial charge in [-0.05, 0) is 36.5 Å². The number of hydrogen-bond donors (Lipinski definition) is 1. The Hall–Kier alpha value is -2.44. The predicted octanol–water partition coefficient (Wildman–Crippen LogP) is 2.10. The van der Waals surface area contributed by atoms with Crippen molar-refractivity contribution in [2.75, 3.05) is 26.7 Å². The molecule has 0 spiro atoms. The van der Waals surface area contributed by atoms with Crippen molar-refractivity contribution in [1.82, 2.24) is 9.80 Å². The number of hydrogen-bond acceptors (Lipinski definition) is 3. The maximum absolute atomic E-state index is 13.0. The van der Waals surface area contributed by atoms with Crippen molar-refractivity contribution in [2.24, 2.45) is 5.92 Å². The van der Waals surface area contributed by atoms with Crippen LogP contribution in [0.5, 0.6) is 0 Å². The summed E-state index contributed by atoms with van der Waals surface area (Å²) < 4.78 is 13.0. The minimum absolute atomic E-state index is 0.0681. The van der Waals surface area contributed by atoms with E-state index in [2.05, 4.69) is 0 Å². The van der Waals surface area contributed by atoms with Gasteiger partial charge in [-0.3, -0.25) is 14.4 Å². The molecule has 142 valence electrons. The second-order valence-electron chi connectivity index (χ2n) is 6.92. The molecule has 1 saturated heterocycles. The van der Waals surface area contributed by atoms with Gasteiger partial charge in [0.05, 0.1) is 12.5 Å². The Balaban J connectivity index is 1.86. The van der Waals surface area contributed by atoms with Crippen LogP contribution in [0.15, 0.2) is 24.3 Å². The zero-order valence-corrected chi connectivity index (χ0v) is 15.2. The molecule has 0 aliphatic carbocycles. The van der Waals surface area contributed by atoms with Gasteiger partial charge in [0.15, 0.2) is 0 Å². The molecule has 2 atom stereocenters. The van der Waals surface area contributed by atoms with Gasteiger partial charge in [0, 0.05) is 26.6 Å². The van der Waals surface area contributed by atoms with Gasteiger partial charge in [-0.15, -0.1) is 0 Å². The molecule has 1 N–H and O–H groups in total. The van der Waals surface area contributed by atoms with E-state index in [-0.39, 0.29) is 43.1 Å². The lowest BCUT2D eigenvalue weighted by molar-refractivity contribution is -0.147. The summed E-state index contributed by atoms with van der Waals surface area (Å²) >= 11 is 0. The molecule has 0 radical (unpaired) electrons. The molecular weight excluding hydrogens is 339 g/mol. The fraction of sp³-hybridized carbons (Fsp3) is 0.526. The Labute approximate surface area is 152 Å². The molecule has 1 aliphatic heterocycles. The average molecular weight is 364 g/mol. The Kier molecular flexibility index (Phi) is 6.71. The molecule has 2 rings (SSSR count). The molecule has 1 aromatic carbocycles. The largest absolute Gasteiger partial charge is 0.481 e. The summed E-state index contributed by atoms with van der Waals surface area (Å²) in [5.41, 5.74) is 0.861. The zero-order valence-electron chi connectivity index (χ0n) is 15.2. The number of carbonyl (C=O) groups excluding carboxylic acids is 2. The van der Waals surface area contributed by atoms with Gasteiger partial charge < -0.3 is 14.9 Å². The van der Waals surface area contributed by atoms with Crippen LogP contribution in [0, 0.1) is 11.7 Å². The summed E-state index contributed by atoms with van der Waals surface area (Å²) in [5.74, 6) is -2.25. The van der Waals surface area contributed by atoms with E-state index < -0.39 is 11.9 Å². The third-order valence-corrected chi connectivity index (χ3v) is 4.84. The Bertz CT molecular complexity index is 662. The molecule has 7 heteroatoms. The van der Waals surface area contributed by atoms with E-state index in [0.717, 1.165) is 5.56 Å². The van der Waals surface area contributed by atoms with E-state index in [1.54, 1.807) is 19.2 Å². The highest BCUT2D eigenvalue weighted by molar-refractivity contribution is 5.85. The molecule has 6 nitrogen and oxygen atoms in total. The second kappa shape index (κ2) is 8.78. The SMILES string of the molecule is CC(CC(=O)N(C)CC(=O)N1CCCC(C(=O)O)C1)c1ccc(F)cc1. The van der Waals surface area contributed by atoms with Crippen LogP contribution in [0.1, 0.15) is 37.7 Å². The van der Waals surface area contributed by atoms with Crippen molar-refractivity contribution in [3.8, 4) is 0 Å². The first-order chi connectivity index (χ1) is 12.3. The van der Waals surface area contributed by atoms with Crippen LogP contribution < -0.4 is 0 Å². The van der Waals surface area contributed by atoms with Crippen LogP contribution in [-0.2, 0) is 14.4 Å². The standard InChI is InChI=1S/C19H25FN2O4/c1-13(14-5-7-16(20)8-6-14)10-17(23)21(2)12-18(24)22-9-3-4-15(11-22)19(25)26/h5-8,13,15H,3-4,9-12H2,1-2H3,(H,25,26). The predicted molar refractivity (Wildman–Crippen MR) is 94.0 cm³/mol. The van der Waals surface area contributed by atoms with Crippen molar-refractivity contribution in [3.05, 3.63) is 35.6 Å². The minimum atomic E-state index is -0.889. The number of piperidine rings is 1. The van der Waals surface area contributed by atoms with Gasteiger partial charge in [-0.2, -0.15) is 0 Å². The molecule has 2 unspecified atom stereocenters. The number of aliphatic carboxylic acids is 1. The molecule has 0 saturated carbocycles. The van der Waals surface area contributed by atoms with Crippen LogP contribution in [-0.4, -0.2) is 59.4 Å². The number of nitrogens with zero attached hydrogens (tertiary/aromatic N) is 2. The highest BCUT2D eigenvalue weighted by Gasteiger charge is 2.29. The van der Waals surface area contributed by atoms with Crippen molar-refractivity contribution in [1.29, 1.82) is 0 Å². The average Bonchev–Trinajstić information content (AvgIpc) is 2.62. The number of carboxylic acid groups (broad SMARTS) is 1. The third kappa shape index (κ3) is 5.28. The monoisotopic (exact) mass is 364 g/mol. The fourth-order valence-corrected chi connectivity index (χ4v) is 3.12. The quantitative estimate of drug-likeness (QED) is 0.839. The van der Waals surface area contributed by atoms with E-state index in [0.29, 0.717) is 19.4 Å². The lowest BCUT2D eigenvalue weighted by Crippen LogP contribution is -2.47. The van der Waals surface area contributed by atoms with Crippen LogP contribution in [0.2, 0.25) is 0 Å². The number of carbonyl (C=O) groups is 3. The van der Waals surface area contributed by atoms with Crippen LogP contribution in [0.25, 0.3) is 0 Å². The topological polar surface area (TPSA) is 77.9 Å². The van der Waals surface area contributed by atoms with Gasteiger partial charge in [-0.1, -0.05) is 19.1 Å². The first-order valence-electron chi connectivity index (χ1n) is 8.78. The lowest BCUT2D eigenvalue weighted by Gasteiger charge is -2.32. The van der Waals surface area contributed by atoms with Gasteiger partial charge in [-0.25, -0.2) is 4.39 Å². The van der Waals surface area contributed by atoms with Crippen molar-refractivity contribution >= 4 is 17.8 Å². The molecule has 1 aromatic rings. The highest BCUT2D eigenvalue weighted by Crippen LogP contribution is 2.20. The highest BCUT2D eigenvalue weighted by atomic mass is 19.1. The number of rotatable bonds is 6. The molecule has 1 heterocycles. The number of amides is 2. The van der Waals surface area contributed by atoms with Crippen molar-refractivity contribution in [2.45, 2.75) is 32.1 Å². The maximum Gasteiger partial charge on any atom is 0.308 e. The van der Waals surface area contributed by atoms with Gasteiger partial charge in [0.25, 0.3) is 0 Å². The Morgan fingerprint density at radius 3 is 2.58 bits per heavy atom. The number of carboxylic acids is 1. The van der Waals surface area contributed by atoms with E-state index >= 15 is 0 Å². The van der Waals surface area contributed by atoms with Crippen molar-refractivity contribution in [3.63, 3.8) is 0 Å². The summed E-state index contributed by atoms with van der Waals surface area (Å²) in [5, 5.41) is 9.11. The minimum Gasteiger partial charge on any atom is -0.481 e. The lowest BCUT2D eigenvalue weighted by atomic mass is 9.97. The zero-order chi connectivity index (χ0) is 19.3. The summed E-state index contributed by atoms with van der Waals surface area (Å²) in [6.07, 6.45) is 1.44. The number of benzene rings is 1. The Morgan fingerprint density at radius 2 is 1.96 bits per heavy atom. The normalized spacial score (nSPS) is 18.3. The summed E-state index contributed by atoms with van der Waals surface area (Å²) in [7, 11) is 1.57. The van der Waals surface area contributed by atoms with Gasteiger partial charge in [0.2, 0.25) is 11.8 Å². The number of halogens is 1. The number of likely N-dealkylation sites (N-methyl/N-ethyl adjacent to an activating group) is 1. The molecule has 0 aromatic heterocycles. The molecule has 0 bridgehead atoms.